The number of nitrogens with zero attached hydrogens (tertiary/aromatic N) is 1. The van der Waals surface area contributed by atoms with Crippen LogP contribution in [0.3, 0.4) is 0 Å². The van der Waals surface area contributed by atoms with Crippen LogP contribution in [0.1, 0.15) is 20.8 Å². The normalized spacial score (nSPS) is 10.7. The maximum Gasteiger partial charge on any atom is 0.275 e. The molecule has 4 nitrogen and oxygen atoms in total. The lowest BCUT2D eigenvalue weighted by Gasteiger charge is -2.16. The van der Waals surface area contributed by atoms with Crippen LogP contribution in [0.15, 0.2) is 41.8 Å². The van der Waals surface area contributed by atoms with Gasteiger partial charge in [-0.2, -0.15) is 0 Å². The summed E-state index contributed by atoms with van der Waals surface area (Å²) < 4.78 is 0. The second-order valence-electron chi connectivity index (χ2n) is 4.41. The molecule has 0 bridgehead atoms. The molecule has 1 amide bonds. The number of nitrogen functional groups attached to an aromatic ring is 1. The van der Waals surface area contributed by atoms with E-state index < -0.39 is 0 Å². The maximum atomic E-state index is 11.6. The number of hydrogen-bond donors (Lipinski definition) is 2. The van der Waals surface area contributed by atoms with Gasteiger partial charge in [-0.25, -0.2) is 5.84 Å². The quantitative estimate of drug-likeness (QED) is 0.498. The Labute approximate surface area is 116 Å². The summed E-state index contributed by atoms with van der Waals surface area (Å²) >= 11 is 1.41. The van der Waals surface area contributed by atoms with Crippen LogP contribution in [0.5, 0.6) is 0 Å². The van der Waals surface area contributed by atoms with Crippen molar-refractivity contribution < 1.29 is 4.79 Å². The maximum absolute atomic E-state index is 11.6. The van der Waals surface area contributed by atoms with E-state index in [4.69, 9.17) is 5.84 Å². The number of carbonyl (C=O) groups excluding carboxylic acids is 1. The van der Waals surface area contributed by atoms with E-state index in [0.717, 1.165) is 18.7 Å². The van der Waals surface area contributed by atoms with E-state index >= 15 is 0 Å². The summed E-state index contributed by atoms with van der Waals surface area (Å²) in [6, 6.07) is 12.2. The molecule has 0 radical (unpaired) electrons. The standard InChI is InChI=1S/C14H17N3OS/c1-17(9-11-5-3-2-4-6-11)10-12-7-8-19-13(12)14(18)16-15/h2-8H,9-10,15H2,1H3,(H,16,18). The zero-order valence-corrected chi connectivity index (χ0v) is 11.6. The molecule has 0 fully saturated rings. The summed E-state index contributed by atoms with van der Waals surface area (Å²) in [6.07, 6.45) is 0. The van der Waals surface area contributed by atoms with Gasteiger partial charge in [-0.15, -0.1) is 11.3 Å². The molecule has 0 saturated carbocycles. The number of nitrogens with one attached hydrogen (secondary N) is 1. The fourth-order valence-corrected chi connectivity index (χ4v) is 2.79. The Hall–Kier alpha value is -1.69. The first kappa shape index (κ1) is 13.7. The highest BCUT2D eigenvalue weighted by atomic mass is 32.1. The van der Waals surface area contributed by atoms with Gasteiger partial charge < -0.3 is 0 Å². The molecule has 2 aromatic rings. The molecule has 19 heavy (non-hydrogen) atoms. The van der Waals surface area contributed by atoms with E-state index in [1.807, 2.05) is 36.7 Å². The minimum Gasteiger partial charge on any atom is -0.298 e. The van der Waals surface area contributed by atoms with Crippen LogP contribution in [0.2, 0.25) is 0 Å². The van der Waals surface area contributed by atoms with Gasteiger partial charge in [0.2, 0.25) is 0 Å². The second kappa shape index (κ2) is 6.47. The summed E-state index contributed by atoms with van der Waals surface area (Å²) in [4.78, 5) is 14.4. The van der Waals surface area contributed by atoms with E-state index in [-0.39, 0.29) is 5.91 Å². The number of rotatable bonds is 5. The van der Waals surface area contributed by atoms with Crippen LogP contribution in [0, 0.1) is 0 Å². The average molecular weight is 275 g/mol. The number of hydrogen-bond acceptors (Lipinski definition) is 4. The lowest BCUT2D eigenvalue weighted by atomic mass is 10.2. The number of nitrogens with two attached hydrogens (primary N) is 1. The molecule has 100 valence electrons. The first-order chi connectivity index (χ1) is 9.20. The van der Waals surface area contributed by atoms with Crippen molar-refractivity contribution in [3.05, 3.63) is 57.8 Å². The van der Waals surface area contributed by atoms with Gasteiger partial charge in [0.05, 0.1) is 4.88 Å². The minimum atomic E-state index is -0.224. The third-order valence-electron chi connectivity index (χ3n) is 2.82. The van der Waals surface area contributed by atoms with Gasteiger partial charge in [0, 0.05) is 13.1 Å². The largest absolute Gasteiger partial charge is 0.298 e. The predicted octanol–water partition coefficient (Wildman–Crippen LogP) is 1.98. The summed E-state index contributed by atoms with van der Waals surface area (Å²) in [5, 5.41) is 1.91. The molecule has 0 aliphatic rings. The van der Waals surface area contributed by atoms with Gasteiger partial charge in [-0.1, -0.05) is 30.3 Å². The SMILES string of the molecule is CN(Cc1ccccc1)Cc1ccsc1C(=O)NN. The third kappa shape index (κ3) is 3.64. The molecule has 3 N–H and O–H groups in total. The van der Waals surface area contributed by atoms with Gasteiger partial charge >= 0.3 is 0 Å². The summed E-state index contributed by atoms with van der Waals surface area (Å²) in [5.41, 5.74) is 4.44. The summed E-state index contributed by atoms with van der Waals surface area (Å²) in [5.74, 6) is 4.96. The van der Waals surface area contributed by atoms with Gasteiger partial charge in [-0.05, 0) is 29.6 Å². The van der Waals surface area contributed by atoms with Crippen LogP contribution >= 0.6 is 11.3 Å². The minimum absolute atomic E-state index is 0.224. The van der Waals surface area contributed by atoms with Crippen LogP contribution in [-0.4, -0.2) is 17.9 Å². The molecule has 1 heterocycles. The second-order valence-corrected chi connectivity index (χ2v) is 5.32. The number of amides is 1. The monoisotopic (exact) mass is 275 g/mol. The lowest BCUT2D eigenvalue weighted by molar-refractivity contribution is 0.0956. The predicted molar refractivity (Wildman–Crippen MR) is 77.6 cm³/mol. The third-order valence-corrected chi connectivity index (χ3v) is 3.78. The van der Waals surface area contributed by atoms with Crippen molar-refractivity contribution in [3.63, 3.8) is 0 Å². The Kier molecular flexibility index (Phi) is 4.68. The highest BCUT2D eigenvalue weighted by molar-refractivity contribution is 7.12. The molecule has 1 aromatic heterocycles. The first-order valence-electron chi connectivity index (χ1n) is 6.00. The molecule has 0 aliphatic carbocycles. The van der Waals surface area contributed by atoms with Crippen molar-refractivity contribution in [3.8, 4) is 0 Å². The van der Waals surface area contributed by atoms with E-state index in [1.165, 1.54) is 16.9 Å². The Bertz CT molecular complexity index is 539. The van der Waals surface area contributed by atoms with Gasteiger partial charge in [-0.3, -0.25) is 15.1 Å². The zero-order valence-electron chi connectivity index (χ0n) is 10.8. The smallest absolute Gasteiger partial charge is 0.275 e. The van der Waals surface area contributed by atoms with E-state index in [1.54, 1.807) is 0 Å². The molecule has 2 rings (SSSR count). The highest BCUT2D eigenvalue weighted by Crippen LogP contribution is 2.18. The Balaban J connectivity index is 2.01. The van der Waals surface area contributed by atoms with Crippen LogP contribution < -0.4 is 11.3 Å². The van der Waals surface area contributed by atoms with E-state index in [2.05, 4.69) is 22.5 Å². The lowest BCUT2D eigenvalue weighted by Crippen LogP contribution is -2.30. The fourth-order valence-electron chi connectivity index (χ4n) is 1.97. The Morgan fingerprint density at radius 3 is 2.68 bits per heavy atom. The van der Waals surface area contributed by atoms with Crippen molar-refractivity contribution >= 4 is 17.2 Å². The van der Waals surface area contributed by atoms with Crippen LogP contribution in [0.25, 0.3) is 0 Å². The Morgan fingerprint density at radius 2 is 2.00 bits per heavy atom. The van der Waals surface area contributed by atoms with Gasteiger partial charge in [0.15, 0.2) is 0 Å². The van der Waals surface area contributed by atoms with Crippen LogP contribution in [-0.2, 0) is 13.1 Å². The molecular formula is C14H17N3OS. The van der Waals surface area contributed by atoms with Crippen molar-refractivity contribution in [2.75, 3.05) is 7.05 Å². The molecule has 5 heteroatoms. The zero-order chi connectivity index (χ0) is 13.7. The number of benzene rings is 1. The summed E-state index contributed by atoms with van der Waals surface area (Å²) in [7, 11) is 2.04. The number of carbonyl (C=O) groups is 1. The van der Waals surface area contributed by atoms with Gasteiger partial charge in [0.1, 0.15) is 0 Å². The molecule has 0 saturated heterocycles. The van der Waals surface area contributed by atoms with Crippen molar-refractivity contribution in [2.24, 2.45) is 5.84 Å². The first-order valence-corrected chi connectivity index (χ1v) is 6.88. The van der Waals surface area contributed by atoms with Gasteiger partial charge in [0.25, 0.3) is 5.91 Å². The topological polar surface area (TPSA) is 58.4 Å². The molecule has 0 unspecified atom stereocenters. The van der Waals surface area contributed by atoms with E-state index in [9.17, 15) is 4.79 Å². The molecule has 0 aliphatic heterocycles. The van der Waals surface area contributed by atoms with Crippen molar-refractivity contribution in [1.82, 2.24) is 10.3 Å². The molecular weight excluding hydrogens is 258 g/mol. The van der Waals surface area contributed by atoms with Crippen molar-refractivity contribution in [2.45, 2.75) is 13.1 Å². The summed E-state index contributed by atoms with van der Waals surface area (Å²) in [6.45, 7) is 1.57. The van der Waals surface area contributed by atoms with Crippen molar-refractivity contribution in [1.29, 1.82) is 0 Å². The molecule has 0 atom stereocenters. The number of thiophene rings is 1. The Morgan fingerprint density at radius 1 is 1.26 bits per heavy atom. The van der Waals surface area contributed by atoms with E-state index in [0.29, 0.717) is 4.88 Å². The molecule has 1 aromatic carbocycles. The average Bonchev–Trinajstić information content (AvgIpc) is 2.87. The molecule has 0 spiro atoms. The highest BCUT2D eigenvalue weighted by Gasteiger charge is 2.13. The fraction of sp³-hybridized carbons (Fsp3) is 0.214. The number of hydrazine groups is 1. The van der Waals surface area contributed by atoms with Crippen LogP contribution in [0.4, 0.5) is 0 Å².